The molecule has 6 saturated carbocycles. The van der Waals surface area contributed by atoms with E-state index in [1.807, 2.05) is 0 Å². The van der Waals surface area contributed by atoms with Gasteiger partial charge in [-0.3, -0.25) is 0 Å². The zero-order chi connectivity index (χ0) is 28.1. The molecule has 0 heterocycles. The van der Waals surface area contributed by atoms with E-state index in [-0.39, 0.29) is 47.1 Å². The molecule has 0 N–H and O–H groups in total. The Morgan fingerprint density at radius 2 is 1.07 bits per heavy atom. The van der Waals surface area contributed by atoms with Crippen molar-refractivity contribution in [3.05, 3.63) is 53.1 Å². The van der Waals surface area contributed by atoms with Gasteiger partial charge in [-0.25, -0.2) is 8.42 Å². The van der Waals surface area contributed by atoms with Crippen LogP contribution in [0.2, 0.25) is 0 Å². The van der Waals surface area contributed by atoms with Gasteiger partial charge in [0.1, 0.15) is 20.8 Å². The molecule has 0 saturated heterocycles. The third-order valence-electron chi connectivity index (χ3n) is 12.2. The first-order valence-corrected chi connectivity index (χ1v) is 18.6. The summed E-state index contributed by atoms with van der Waals surface area (Å²) in [6, 6.07) is 9.38. The summed E-state index contributed by atoms with van der Waals surface area (Å²) in [7, 11) is -8.84. The molecule has 0 spiro atoms. The van der Waals surface area contributed by atoms with Crippen LogP contribution in [-0.2, 0) is 20.2 Å². The molecule has 6 fully saturated rings. The van der Waals surface area contributed by atoms with Crippen molar-refractivity contribution in [3.63, 3.8) is 0 Å². The predicted octanol–water partition coefficient (Wildman–Crippen LogP) is 4.07. The maximum Gasteiger partial charge on any atom is 1.00 e. The van der Waals surface area contributed by atoms with E-state index in [2.05, 4.69) is 12.1 Å². The van der Waals surface area contributed by atoms with Gasteiger partial charge in [0.2, 0.25) is 0 Å². The average Bonchev–Trinajstić information content (AvgIpc) is 3.80. The molecule has 2 aromatic carbocycles. The molecule has 220 valence electrons. The van der Waals surface area contributed by atoms with Crippen molar-refractivity contribution in [1.82, 2.24) is 0 Å². The molecule has 6 aliphatic rings. The van der Waals surface area contributed by atoms with Crippen LogP contribution in [0.1, 0.15) is 111 Å². The van der Waals surface area contributed by atoms with Gasteiger partial charge in [-0.2, -0.15) is 8.42 Å². The van der Waals surface area contributed by atoms with Gasteiger partial charge in [-0.1, -0.05) is 31.4 Å². The zero-order valence-electron chi connectivity index (χ0n) is 24.4. The molecule has 6 bridgehead atoms. The molecule has 2 aromatic rings. The Morgan fingerprint density at radius 1 is 0.619 bits per heavy atom. The second kappa shape index (κ2) is 10.9. The van der Waals surface area contributed by atoms with Gasteiger partial charge in [0, 0.05) is 0 Å². The maximum absolute atomic E-state index is 14.4. The Bertz CT molecular complexity index is 1540. The van der Waals surface area contributed by atoms with E-state index >= 15 is 0 Å². The predicted molar refractivity (Wildman–Crippen MR) is 153 cm³/mol. The topological polar surface area (TPSA) is 101 Å². The molecule has 42 heavy (non-hydrogen) atoms. The van der Waals surface area contributed by atoms with Crippen molar-refractivity contribution in [2.45, 2.75) is 105 Å². The summed E-state index contributed by atoms with van der Waals surface area (Å²) >= 11 is 0. The van der Waals surface area contributed by atoms with Crippen LogP contribution in [0, 0.1) is 35.5 Å². The Kier molecular flexibility index (Phi) is 7.71. The Hall–Kier alpha value is -0.900. The van der Waals surface area contributed by atoms with E-state index in [4.69, 9.17) is 4.18 Å². The minimum Gasteiger partial charge on any atom is -0.744 e. The fourth-order valence-electron chi connectivity index (χ4n) is 10.5. The number of hydrogen-bond donors (Lipinski definition) is 0. The quantitative estimate of drug-likeness (QED) is 0.264. The van der Waals surface area contributed by atoms with Crippen LogP contribution in [0.4, 0.5) is 0 Å². The maximum atomic E-state index is 14.4. The van der Waals surface area contributed by atoms with Gasteiger partial charge in [-0.05, 0) is 152 Å². The number of fused-ring (bicyclic) bond motifs is 6. The Labute approximate surface area is 272 Å². The molecule has 8 rings (SSSR count). The summed E-state index contributed by atoms with van der Waals surface area (Å²) in [6.07, 6.45) is 14.5. The monoisotopic (exact) mass is 618 g/mol. The summed E-state index contributed by atoms with van der Waals surface area (Å²) in [5.74, 6) is 4.99. The molecule has 9 heteroatoms. The first-order valence-electron chi connectivity index (χ1n) is 15.8. The van der Waals surface area contributed by atoms with Crippen LogP contribution < -0.4 is 33.7 Å². The van der Waals surface area contributed by atoms with E-state index in [0.717, 1.165) is 47.9 Å². The molecule has 0 radical (unpaired) electrons. The fraction of sp³-hybridized carbons (Fsp3) is 0.636. The van der Waals surface area contributed by atoms with E-state index in [1.54, 1.807) is 0 Å². The van der Waals surface area contributed by atoms with Crippen molar-refractivity contribution in [2.24, 2.45) is 35.5 Å². The second-order valence-corrected chi connectivity index (χ2v) is 17.2. The summed E-state index contributed by atoms with van der Waals surface area (Å²) in [5.41, 5.74) is 3.36. The fourth-order valence-corrected chi connectivity index (χ4v) is 12.4. The van der Waals surface area contributed by atoms with Gasteiger partial charge >= 0.3 is 39.7 Å². The third kappa shape index (κ3) is 5.14. The van der Waals surface area contributed by atoms with Crippen LogP contribution in [0.5, 0.6) is 5.75 Å². The number of benzene rings is 2. The molecule has 6 aliphatic carbocycles. The molecule has 0 aliphatic heterocycles. The summed E-state index contributed by atoms with van der Waals surface area (Å²) < 4.78 is 68.9. The van der Waals surface area contributed by atoms with Gasteiger partial charge in [0.15, 0.2) is 0 Å². The summed E-state index contributed by atoms with van der Waals surface area (Å²) in [4.78, 5) is 0.00262. The van der Waals surface area contributed by atoms with Crippen LogP contribution >= 0.6 is 0 Å². The summed E-state index contributed by atoms with van der Waals surface area (Å²) in [6.45, 7) is 0. The molecular formula is C33H39NaO6S2. The standard InChI is InChI=1S/C33H40O6S2.Na/c34-40(35,36)27-9-7-26(8-10-27)39-41(37,38)33-31(29-15-20-2-5-23(29)12-20)17-25(28-14-19-1-4-22(28)11-19)18-32(33)30-16-21-3-6-24(30)13-21;/h7-10,17-24,28-30H,1-6,11-16H2,(H,34,35,36);/q;+1/p-1. The van der Waals surface area contributed by atoms with Crippen molar-refractivity contribution < 1.29 is 55.1 Å². The first kappa shape index (κ1) is 29.8. The Morgan fingerprint density at radius 3 is 1.45 bits per heavy atom. The Balaban J connectivity index is 0.00000288. The molecule has 9 atom stereocenters. The van der Waals surface area contributed by atoms with Crippen LogP contribution in [0.3, 0.4) is 0 Å². The van der Waals surface area contributed by atoms with Crippen LogP contribution in [0.25, 0.3) is 0 Å². The van der Waals surface area contributed by atoms with Gasteiger partial charge in [-0.15, -0.1) is 0 Å². The van der Waals surface area contributed by atoms with Crippen molar-refractivity contribution in [2.75, 3.05) is 0 Å². The molecule has 0 amide bonds. The number of rotatable bonds is 7. The van der Waals surface area contributed by atoms with Gasteiger partial charge < -0.3 is 8.74 Å². The molecule has 6 nitrogen and oxygen atoms in total. The van der Waals surface area contributed by atoms with Crippen molar-refractivity contribution in [1.29, 1.82) is 0 Å². The van der Waals surface area contributed by atoms with Crippen molar-refractivity contribution in [3.8, 4) is 5.75 Å². The SMILES string of the molecule is O=S(=O)([O-])c1ccc(OS(=O)(=O)c2c(C3CC4CCC3C4)cc(C3CC4CCC3C4)cc2C2CC3CCC2C3)cc1.[Na+]. The van der Waals surface area contributed by atoms with E-state index in [0.29, 0.717) is 34.5 Å². The molecule has 0 aromatic heterocycles. The minimum atomic E-state index is -4.63. The average molecular weight is 619 g/mol. The van der Waals surface area contributed by atoms with Crippen LogP contribution in [0.15, 0.2) is 46.2 Å². The second-order valence-electron chi connectivity index (χ2n) is 14.3. The summed E-state index contributed by atoms with van der Waals surface area (Å²) in [5, 5.41) is 0. The zero-order valence-corrected chi connectivity index (χ0v) is 28.0. The van der Waals surface area contributed by atoms with E-state index in [1.165, 1.54) is 81.9 Å². The third-order valence-corrected chi connectivity index (χ3v) is 14.4. The van der Waals surface area contributed by atoms with Crippen molar-refractivity contribution >= 4 is 20.2 Å². The van der Waals surface area contributed by atoms with Gasteiger partial charge in [0.05, 0.1) is 4.90 Å². The number of hydrogen-bond acceptors (Lipinski definition) is 6. The van der Waals surface area contributed by atoms with E-state index in [9.17, 15) is 21.4 Å². The van der Waals surface area contributed by atoms with E-state index < -0.39 is 25.1 Å². The minimum absolute atomic E-state index is 0. The van der Waals surface area contributed by atoms with Crippen LogP contribution in [-0.4, -0.2) is 21.4 Å². The largest absolute Gasteiger partial charge is 1.00 e. The molecule has 9 unspecified atom stereocenters. The first-order chi connectivity index (χ1) is 19.6. The molecular weight excluding hydrogens is 579 g/mol. The normalized spacial score (nSPS) is 36.5. The van der Waals surface area contributed by atoms with Gasteiger partial charge in [0.25, 0.3) is 0 Å². The smallest absolute Gasteiger partial charge is 0.744 e.